The Bertz CT molecular complexity index is 637. The van der Waals surface area contributed by atoms with E-state index in [4.69, 9.17) is 21.4 Å². The maximum absolute atomic E-state index is 10.8. The Labute approximate surface area is 114 Å². The fraction of sp³-hybridized carbons (Fsp3) is 0.0714. The van der Waals surface area contributed by atoms with Gasteiger partial charge in [0.1, 0.15) is 11.5 Å². The fourth-order valence-electron chi connectivity index (χ4n) is 1.74. The Morgan fingerprint density at radius 2 is 1.95 bits per heavy atom. The van der Waals surface area contributed by atoms with Crippen molar-refractivity contribution >= 4 is 17.6 Å². The number of hydrogen-bond acceptors (Lipinski definition) is 3. The van der Waals surface area contributed by atoms with Crippen LogP contribution in [0.2, 0.25) is 5.02 Å². The van der Waals surface area contributed by atoms with Crippen LogP contribution in [-0.2, 0) is 0 Å². The number of aromatic hydroxyl groups is 1. The lowest BCUT2D eigenvalue weighted by atomic mass is 10.0. The van der Waals surface area contributed by atoms with E-state index < -0.39 is 5.97 Å². The molecule has 5 heteroatoms. The number of aromatic carboxylic acids is 1. The van der Waals surface area contributed by atoms with Gasteiger partial charge in [0, 0.05) is 5.56 Å². The third kappa shape index (κ3) is 2.63. The molecule has 0 amide bonds. The van der Waals surface area contributed by atoms with Gasteiger partial charge >= 0.3 is 5.97 Å². The van der Waals surface area contributed by atoms with E-state index in [9.17, 15) is 9.90 Å². The molecule has 0 saturated carbocycles. The minimum absolute atomic E-state index is 0.0286. The number of methoxy groups -OCH3 is 1. The third-order valence-electron chi connectivity index (χ3n) is 2.71. The van der Waals surface area contributed by atoms with Gasteiger partial charge in [0.15, 0.2) is 0 Å². The summed E-state index contributed by atoms with van der Waals surface area (Å²) in [6, 6.07) is 9.24. The van der Waals surface area contributed by atoms with E-state index in [-0.39, 0.29) is 11.3 Å². The van der Waals surface area contributed by atoms with Crippen LogP contribution in [0.3, 0.4) is 0 Å². The quantitative estimate of drug-likeness (QED) is 0.903. The normalized spacial score (nSPS) is 10.2. The first kappa shape index (κ1) is 13.2. The van der Waals surface area contributed by atoms with Crippen molar-refractivity contribution in [2.45, 2.75) is 0 Å². The lowest BCUT2D eigenvalue weighted by Gasteiger charge is -2.08. The number of benzene rings is 2. The molecule has 0 atom stereocenters. The molecule has 0 saturated heterocycles. The summed E-state index contributed by atoms with van der Waals surface area (Å²) < 4.78 is 5.04. The molecule has 2 N–H and O–H groups in total. The molecule has 0 aliphatic rings. The van der Waals surface area contributed by atoms with Crippen LogP contribution in [0.5, 0.6) is 11.5 Å². The molecule has 0 fully saturated rings. The van der Waals surface area contributed by atoms with Crippen molar-refractivity contribution in [3.8, 4) is 22.6 Å². The van der Waals surface area contributed by atoms with Crippen LogP contribution in [0, 0.1) is 0 Å². The van der Waals surface area contributed by atoms with Crippen LogP contribution >= 0.6 is 11.6 Å². The van der Waals surface area contributed by atoms with Crippen LogP contribution in [0.4, 0.5) is 0 Å². The highest BCUT2D eigenvalue weighted by Crippen LogP contribution is 2.34. The topological polar surface area (TPSA) is 66.8 Å². The van der Waals surface area contributed by atoms with Crippen molar-refractivity contribution in [1.82, 2.24) is 0 Å². The van der Waals surface area contributed by atoms with Crippen LogP contribution in [-0.4, -0.2) is 23.3 Å². The van der Waals surface area contributed by atoms with E-state index in [2.05, 4.69) is 0 Å². The Kier molecular flexibility index (Phi) is 3.62. The fourth-order valence-corrected chi connectivity index (χ4v) is 2.00. The predicted octanol–water partition coefficient (Wildman–Crippen LogP) is 3.42. The molecule has 2 rings (SSSR count). The number of carboxylic acid groups (broad SMARTS) is 1. The van der Waals surface area contributed by atoms with E-state index in [1.165, 1.54) is 25.3 Å². The molecule has 0 aromatic heterocycles. The van der Waals surface area contributed by atoms with Gasteiger partial charge < -0.3 is 14.9 Å². The van der Waals surface area contributed by atoms with Crippen LogP contribution in [0.15, 0.2) is 36.4 Å². The Hall–Kier alpha value is -2.20. The van der Waals surface area contributed by atoms with E-state index in [1.807, 2.05) is 0 Å². The van der Waals surface area contributed by atoms with Gasteiger partial charge in [0.25, 0.3) is 0 Å². The molecule has 0 radical (unpaired) electrons. The van der Waals surface area contributed by atoms with Crippen molar-refractivity contribution in [1.29, 1.82) is 0 Å². The van der Waals surface area contributed by atoms with Crippen LogP contribution < -0.4 is 4.74 Å². The standard InChI is InChI=1S/C14H11ClO4/c1-19-13-5-3-8(6-11(13)15)10-4-2-9(14(17)18)7-12(10)16/h2-7,16H,1H3,(H,17,18). The second kappa shape index (κ2) is 5.20. The smallest absolute Gasteiger partial charge is 0.335 e. The summed E-state index contributed by atoms with van der Waals surface area (Å²) in [7, 11) is 1.51. The Balaban J connectivity index is 2.47. The minimum atomic E-state index is -1.09. The molecular formula is C14H11ClO4. The molecule has 4 nitrogen and oxygen atoms in total. The van der Waals surface area contributed by atoms with E-state index in [0.29, 0.717) is 21.9 Å². The zero-order valence-electron chi connectivity index (χ0n) is 10.1. The van der Waals surface area contributed by atoms with E-state index in [1.54, 1.807) is 18.2 Å². The Morgan fingerprint density at radius 3 is 2.47 bits per heavy atom. The van der Waals surface area contributed by atoms with Crippen molar-refractivity contribution in [2.24, 2.45) is 0 Å². The van der Waals surface area contributed by atoms with E-state index >= 15 is 0 Å². The first-order valence-corrected chi connectivity index (χ1v) is 5.81. The summed E-state index contributed by atoms with van der Waals surface area (Å²) in [5.41, 5.74) is 1.22. The van der Waals surface area contributed by atoms with Crippen LogP contribution in [0.25, 0.3) is 11.1 Å². The average molecular weight is 279 g/mol. The third-order valence-corrected chi connectivity index (χ3v) is 3.00. The predicted molar refractivity (Wildman–Crippen MR) is 72.1 cm³/mol. The maximum Gasteiger partial charge on any atom is 0.335 e. The van der Waals surface area contributed by atoms with Gasteiger partial charge in [-0.2, -0.15) is 0 Å². The SMILES string of the molecule is COc1ccc(-c2ccc(C(=O)O)cc2O)cc1Cl. The lowest BCUT2D eigenvalue weighted by Crippen LogP contribution is -1.95. The van der Waals surface area contributed by atoms with Gasteiger partial charge in [-0.25, -0.2) is 4.79 Å². The molecular weight excluding hydrogens is 268 g/mol. The molecule has 2 aromatic rings. The number of phenols is 1. The highest BCUT2D eigenvalue weighted by Gasteiger charge is 2.10. The Morgan fingerprint density at radius 1 is 1.21 bits per heavy atom. The molecule has 0 bridgehead atoms. The second-order valence-corrected chi connectivity index (χ2v) is 4.29. The number of hydrogen-bond donors (Lipinski definition) is 2. The molecule has 0 heterocycles. The van der Waals surface area contributed by atoms with Gasteiger partial charge in [-0.1, -0.05) is 17.7 Å². The molecule has 2 aromatic carbocycles. The van der Waals surface area contributed by atoms with Gasteiger partial charge in [-0.05, 0) is 35.9 Å². The lowest BCUT2D eigenvalue weighted by molar-refractivity contribution is 0.0696. The highest BCUT2D eigenvalue weighted by atomic mass is 35.5. The largest absolute Gasteiger partial charge is 0.507 e. The monoisotopic (exact) mass is 278 g/mol. The zero-order chi connectivity index (χ0) is 14.0. The minimum Gasteiger partial charge on any atom is -0.507 e. The maximum atomic E-state index is 10.8. The summed E-state index contributed by atoms with van der Waals surface area (Å²) in [6.45, 7) is 0. The summed E-state index contributed by atoms with van der Waals surface area (Å²) in [6.07, 6.45) is 0. The molecule has 0 spiro atoms. The summed E-state index contributed by atoms with van der Waals surface area (Å²) in [5.74, 6) is -0.664. The van der Waals surface area contributed by atoms with Crippen molar-refractivity contribution in [3.63, 3.8) is 0 Å². The molecule has 98 valence electrons. The number of carbonyl (C=O) groups is 1. The first-order valence-electron chi connectivity index (χ1n) is 5.43. The molecule has 0 aliphatic carbocycles. The molecule has 19 heavy (non-hydrogen) atoms. The number of rotatable bonds is 3. The number of phenolic OH excluding ortho intramolecular Hbond substituents is 1. The number of carboxylic acids is 1. The van der Waals surface area contributed by atoms with Crippen molar-refractivity contribution in [2.75, 3.05) is 7.11 Å². The number of ether oxygens (including phenoxy) is 1. The van der Waals surface area contributed by atoms with Crippen LogP contribution in [0.1, 0.15) is 10.4 Å². The van der Waals surface area contributed by atoms with Gasteiger partial charge in [-0.3, -0.25) is 0 Å². The first-order chi connectivity index (χ1) is 9.02. The van der Waals surface area contributed by atoms with Gasteiger partial charge in [0.2, 0.25) is 0 Å². The van der Waals surface area contributed by atoms with Gasteiger partial charge in [0.05, 0.1) is 17.7 Å². The van der Waals surface area contributed by atoms with Crippen molar-refractivity contribution in [3.05, 3.63) is 47.0 Å². The van der Waals surface area contributed by atoms with Crippen molar-refractivity contribution < 1.29 is 19.7 Å². The molecule has 0 unspecified atom stereocenters. The summed E-state index contributed by atoms with van der Waals surface area (Å²) in [4.78, 5) is 10.8. The molecule has 0 aliphatic heterocycles. The van der Waals surface area contributed by atoms with Gasteiger partial charge in [-0.15, -0.1) is 0 Å². The average Bonchev–Trinajstić information content (AvgIpc) is 2.38. The number of halogens is 1. The van der Waals surface area contributed by atoms with E-state index in [0.717, 1.165) is 0 Å². The second-order valence-electron chi connectivity index (χ2n) is 3.89. The summed E-state index contributed by atoms with van der Waals surface area (Å²) >= 11 is 6.01. The highest BCUT2D eigenvalue weighted by molar-refractivity contribution is 6.32. The summed E-state index contributed by atoms with van der Waals surface area (Å²) in [5, 5.41) is 19.1. The zero-order valence-corrected chi connectivity index (χ0v) is 10.8.